The Morgan fingerprint density at radius 2 is 1.86 bits per heavy atom. The van der Waals surface area contributed by atoms with Gasteiger partial charge >= 0.3 is 0 Å². The van der Waals surface area contributed by atoms with Crippen LogP contribution in [-0.4, -0.2) is 10.2 Å². The molecule has 4 nitrogen and oxygen atoms in total. The fourth-order valence-corrected chi connectivity index (χ4v) is 6.25. The number of aromatic nitrogens is 2. The molecule has 5 atom stereocenters. The molecule has 146 valence electrons. The number of benzene rings is 2. The second kappa shape index (κ2) is 5.76. The van der Waals surface area contributed by atoms with E-state index in [0.29, 0.717) is 23.0 Å². The molecule has 2 bridgehead atoms. The molecule has 2 heterocycles. The molecule has 2 fully saturated rings. The van der Waals surface area contributed by atoms with Crippen LogP contribution in [0.1, 0.15) is 47.9 Å². The number of nitrogens with one attached hydrogen (secondary N) is 2. The largest absolute Gasteiger partial charge is 0.375 e. The summed E-state index contributed by atoms with van der Waals surface area (Å²) in [7, 11) is 0. The number of nitrogens with zero attached hydrogens (tertiary/aromatic N) is 2. The van der Waals surface area contributed by atoms with Crippen LogP contribution in [0.2, 0.25) is 0 Å². The molecule has 29 heavy (non-hydrogen) atoms. The van der Waals surface area contributed by atoms with Gasteiger partial charge in [-0.3, -0.25) is 5.10 Å². The zero-order valence-electron chi connectivity index (χ0n) is 15.3. The van der Waals surface area contributed by atoms with Crippen molar-refractivity contribution in [2.24, 2.45) is 17.8 Å². The van der Waals surface area contributed by atoms with E-state index in [1.165, 1.54) is 12.1 Å². The van der Waals surface area contributed by atoms with Gasteiger partial charge in [0, 0.05) is 23.1 Å². The van der Waals surface area contributed by atoms with Crippen molar-refractivity contribution in [2.45, 2.75) is 31.2 Å². The van der Waals surface area contributed by atoms with Crippen LogP contribution >= 0.6 is 0 Å². The highest BCUT2D eigenvalue weighted by Gasteiger charge is 2.55. The third-order valence-corrected chi connectivity index (χ3v) is 7.28. The highest BCUT2D eigenvalue weighted by Crippen LogP contribution is 2.65. The summed E-state index contributed by atoms with van der Waals surface area (Å²) in [5.41, 5.74) is 2.00. The average molecular weight is 394 g/mol. The molecule has 2 aromatic carbocycles. The highest BCUT2D eigenvalue weighted by atomic mass is 19.1. The average Bonchev–Trinajstić information content (AvgIpc) is 3.44. The lowest BCUT2D eigenvalue weighted by Crippen LogP contribution is -2.36. The van der Waals surface area contributed by atoms with E-state index in [0.717, 1.165) is 36.3 Å². The van der Waals surface area contributed by atoms with Crippen molar-refractivity contribution in [3.05, 3.63) is 58.5 Å². The van der Waals surface area contributed by atoms with Gasteiger partial charge in [-0.2, -0.15) is 10.4 Å². The van der Waals surface area contributed by atoms with Crippen LogP contribution < -0.4 is 5.32 Å². The molecule has 1 aromatic heterocycles. The smallest absolute Gasteiger partial charge is 0.148 e. The minimum atomic E-state index is -0.874. The Hall–Kier alpha value is -3.01. The zero-order valence-corrected chi connectivity index (χ0v) is 15.3. The van der Waals surface area contributed by atoms with Gasteiger partial charge in [0.2, 0.25) is 0 Å². The standard InChI is InChI=1S/C22H17F3N4/c23-14-5-15(24)12(4-11(14)7-26)21-19-10-2-1-9(3-10)18(19)20-13-8-27-29-17(13)6-16(25)22(20)28-21/h4-6,8-10,18-19,21,28H,1-3H2,(H,27,29). The summed E-state index contributed by atoms with van der Waals surface area (Å²) in [6.07, 6.45) is 4.88. The first-order valence-corrected chi connectivity index (χ1v) is 9.88. The number of hydrogen-bond donors (Lipinski definition) is 2. The van der Waals surface area contributed by atoms with Crippen LogP contribution in [0.25, 0.3) is 10.9 Å². The van der Waals surface area contributed by atoms with Gasteiger partial charge in [-0.05, 0) is 54.6 Å². The monoisotopic (exact) mass is 394 g/mol. The second-order valence-electron chi connectivity index (χ2n) is 8.50. The molecule has 2 N–H and O–H groups in total. The minimum Gasteiger partial charge on any atom is -0.375 e. The Kier molecular flexibility index (Phi) is 3.35. The second-order valence-corrected chi connectivity index (χ2v) is 8.50. The molecule has 2 aliphatic carbocycles. The van der Waals surface area contributed by atoms with Crippen molar-refractivity contribution in [1.29, 1.82) is 5.26 Å². The quantitative estimate of drug-likeness (QED) is 0.600. The summed E-state index contributed by atoms with van der Waals surface area (Å²) < 4.78 is 43.8. The van der Waals surface area contributed by atoms with Crippen LogP contribution in [0, 0.1) is 46.5 Å². The normalized spacial score (nSPS) is 29.4. The van der Waals surface area contributed by atoms with Crippen LogP contribution in [0.15, 0.2) is 24.4 Å². The van der Waals surface area contributed by atoms with Crippen LogP contribution in [0.4, 0.5) is 18.9 Å². The zero-order chi connectivity index (χ0) is 19.9. The van der Waals surface area contributed by atoms with Gasteiger partial charge in [0.05, 0.1) is 29.0 Å². The number of halogens is 3. The maximum atomic E-state index is 15.1. The lowest BCUT2D eigenvalue weighted by atomic mass is 9.67. The molecule has 0 amide bonds. The molecule has 6 rings (SSSR count). The molecule has 0 saturated heterocycles. The Balaban J connectivity index is 1.59. The van der Waals surface area contributed by atoms with E-state index >= 15 is 4.39 Å². The van der Waals surface area contributed by atoms with Gasteiger partial charge in [-0.1, -0.05) is 0 Å². The Labute approximate surface area is 164 Å². The number of aromatic amines is 1. The number of H-pyrrole nitrogens is 1. The summed E-state index contributed by atoms with van der Waals surface area (Å²) in [6, 6.07) is 4.74. The number of hydrogen-bond acceptors (Lipinski definition) is 3. The molecular formula is C22H17F3N4. The van der Waals surface area contributed by atoms with Crippen molar-refractivity contribution in [2.75, 3.05) is 5.32 Å². The van der Waals surface area contributed by atoms with Crippen molar-refractivity contribution in [3.8, 4) is 6.07 Å². The number of nitriles is 1. The topological polar surface area (TPSA) is 64.5 Å². The SMILES string of the molecule is N#Cc1cc(C2Nc3c(F)cc4[nH]ncc4c3C3C4CCC(C4)C23)c(F)cc1F. The molecule has 5 unspecified atom stereocenters. The van der Waals surface area contributed by atoms with Crippen LogP contribution in [-0.2, 0) is 0 Å². The molecular weight excluding hydrogens is 377 g/mol. The highest BCUT2D eigenvalue weighted by molar-refractivity contribution is 5.89. The van der Waals surface area contributed by atoms with Gasteiger partial charge < -0.3 is 5.32 Å². The Morgan fingerprint density at radius 1 is 1.03 bits per heavy atom. The fourth-order valence-electron chi connectivity index (χ4n) is 6.25. The first-order valence-electron chi connectivity index (χ1n) is 9.88. The van der Waals surface area contributed by atoms with E-state index in [9.17, 15) is 14.0 Å². The Morgan fingerprint density at radius 3 is 2.69 bits per heavy atom. The van der Waals surface area contributed by atoms with Gasteiger partial charge in [0.15, 0.2) is 0 Å². The van der Waals surface area contributed by atoms with Gasteiger partial charge in [-0.15, -0.1) is 0 Å². The van der Waals surface area contributed by atoms with Crippen molar-refractivity contribution < 1.29 is 13.2 Å². The van der Waals surface area contributed by atoms with E-state index < -0.39 is 23.5 Å². The number of anilines is 1. The maximum absolute atomic E-state index is 15.1. The summed E-state index contributed by atoms with van der Waals surface area (Å²) in [5, 5.41) is 20.3. The third kappa shape index (κ3) is 2.17. The van der Waals surface area contributed by atoms with E-state index in [4.69, 9.17) is 0 Å². The molecule has 1 aliphatic heterocycles. The third-order valence-electron chi connectivity index (χ3n) is 7.28. The van der Waals surface area contributed by atoms with Crippen LogP contribution in [0.5, 0.6) is 0 Å². The lowest BCUT2D eigenvalue weighted by molar-refractivity contribution is 0.244. The molecule has 0 radical (unpaired) electrons. The predicted molar refractivity (Wildman–Crippen MR) is 101 cm³/mol. The van der Waals surface area contributed by atoms with Gasteiger partial charge in [0.25, 0.3) is 0 Å². The minimum absolute atomic E-state index is 0.0626. The Bertz CT molecular complexity index is 1210. The molecule has 0 spiro atoms. The van der Waals surface area contributed by atoms with Gasteiger partial charge in [0.1, 0.15) is 23.5 Å². The molecule has 7 heteroatoms. The van der Waals surface area contributed by atoms with Crippen LogP contribution in [0.3, 0.4) is 0 Å². The van der Waals surface area contributed by atoms with Gasteiger partial charge in [-0.25, -0.2) is 13.2 Å². The summed E-state index contributed by atoms with van der Waals surface area (Å²) in [4.78, 5) is 0. The fraction of sp³-hybridized carbons (Fsp3) is 0.364. The summed E-state index contributed by atoms with van der Waals surface area (Å²) >= 11 is 0. The molecule has 2 saturated carbocycles. The number of rotatable bonds is 1. The summed E-state index contributed by atoms with van der Waals surface area (Å²) in [6.45, 7) is 0. The van der Waals surface area contributed by atoms with E-state index in [2.05, 4.69) is 15.5 Å². The van der Waals surface area contributed by atoms with Crippen molar-refractivity contribution >= 4 is 16.6 Å². The molecule has 3 aromatic rings. The van der Waals surface area contributed by atoms with Crippen molar-refractivity contribution in [3.63, 3.8) is 0 Å². The van der Waals surface area contributed by atoms with Crippen molar-refractivity contribution in [1.82, 2.24) is 10.2 Å². The van der Waals surface area contributed by atoms with E-state index in [1.807, 2.05) is 0 Å². The van der Waals surface area contributed by atoms with E-state index in [1.54, 1.807) is 12.3 Å². The first kappa shape index (κ1) is 16.9. The number of fused-ring (bicyclic) bond motifs is 9. The lowest BCUT2D eigenvalue weighted by Gasteiger charge is -2.44. The predicted octanol–water partition coefficient (Wildman–Crippen LogP) is 5.15. The first-order chi connectivity index (χ1) is 14.1. The van der Waals surface area contributed by atoms with E-state index in [-0.39, 0.29) is 23.0 Å². The maximum Gasteiger partial charge on any atom is 0.148 e. The molecule has 3 aliphatic rings. The summed E-state index contributed by atoms with van der Waals surface area (Å²) in [5.74, 6) is -1.04.